The maximum absolute atomic E-state index is 13.4. The van der Waals surface area contributed by atoms with Gasteiger partial charge in [0.05, 0.1) is 23.3 Å². The van der Waals surface area contributed by atoms with Gasteiger partial charge in [-0.1, -0.05) is 12.1 Å². The van der Waals surface area contributed by atoms with Crippen molar-refractivity contribution in [2.24, 2.45) is 0 Å². The molecule has 2 heterocycles. The zero-order valence-electron chi connectivity index (χ0n) is 18.5. The summed E-state index contributed by atoms with van der Waals surface area (Å²) >= 11 is 1.46. The molecule has 0 N–H and O–H groups in total. The number of rotatable bonds is 6. The first-order valence-corrected chi connectivity index (χ1v) is 13.5. The van der Waals surface area contributed by atoms with Gasteiger partial charge < -0.3 is 14.5 Å². The van der Waals surface area contributed by atoms with Crippen LogP contribution >= 0.6 is 11.8 Å². The van der Waals surface area contributed by atoms with Crippen molar-refractivity contribution in [3.05, 3.63) is 48.0 Å². The number of likely N-dealkylation sites (tertiary alicyclic amines) is 1. The van der Waals surface area contributed by atoms with Crippen LogP contribution in [0.4, 0.5) is 5.69 Å². The van der Waals surface area contributed by atoms with E-state index in [9.17, 15) is 13.2 Å². The lowest BCUT2D eigenvalue weighted by molar-refractivity contribution is 0.0789. The second kappa shape index (κ2) is 9.72. The van der Waals surface area contributed by atoms with Gasteiger partial charge in [-0.05, 0) is 49.4 Å². The maximum atomic E-state index is 13.4. The molecule has 2 aliphatic rings. The summed E-state index contributed by atoms with van der Waals surface area (Å²) in [6, 6.07) is 12.7. The van der Waals surface area contributed by atoms with Crippen molar-refractivity contribution >= 4 is 33.4 Å². The highest BCUT2D eigenvalue weighted by atomic mass is 32.2. The molecule has 0 aromatic heterocycles. The van der Waals surface area contributed by atoms with Gasteiger partial charge in [0.2, 0.25) is 10.0 Å². The lowest BCUT2D eigenvalue weighted by Crippen LogP contribution is -2.48. The Hall–Kier alpha value is -2.23. The van der Waals surface area contributed by atoms with Gasteiger partial charge in [-0.3, -0.25) is 4.79 Å². The fourth-order valence-corrected chi connectivity index (χ4v) is 6.33. The molecule has 172 valence electrons. The van der Waals surface area contributed by atoms with E-state index in [-0.39, 0.29) is 10.8 Å². The van der Waals surface area contributed by atoms with E-state index in [0.717, 1.165) is 42.3 Å². The normalized spacial score (nSPS) is 17.6. The van der Waals surface area contributed by atoms with Crippen LogP contribution in [0.2, 0.25) is 0 Å². The summed E-state index contributed by atoms with van der Waals surface area (Å²) in [6.45, 7) is 3.35. The van der Waals surface area contributed by atoms with Crippen molar-refractivity contribution in [1.82, 2.24) is 9.21 Å². The average molecular weight is 476 g/mol. The van der Waals surface area contributed by atoms with Crippen LogP contribution in [0.5, 0.6) is 5.75 Å². The van der Waals surface area contributed by atoms with Crippen molar-refractivity contribution in [3.8, 4) is 5.75 Å². The van der Waals surface area contributed by atoms with Gasteiger partial charge in [0.1, 0.15) is 5.75 Å². The smallest absolute Gasteiger partial charge is 0.255 e. The van der Waals surface area contributed by atoms with Gasteiger partial charge in [0.25, 0.3) is 5.91 Å². The number of hydrogen-bond donors (Lipinski definition) is 0. The Kier molecular flexibility index (Phi) is 6.97. The Morgan fingerprint density at radius 1 is 0.969 bits per heavy atom. The van der Waals surface area contributed by atoms with E-state index in [2.05, 4.69) is 4.90 Å². The summed E-state index contributed by atoms with van der Waals surface area (Å²) in [6.07, 6.45) is 3.89. The van der Waals surface area contributed by atoms with Crippen LogP contribution in [0.15, 0.2) is 52.3 Å². The first-order valence-electron chi connectivity index (χ1n) is 10.8. The van der Waals surface area contributed by atoms with Crippen molar-refractivity contribution < 1.29 is 17.9 Å². The number of hydrogen-bond acceptors (Lipinski definition) is 6. The van der Waals surface area contributed by atoms with E-state index < -0.39 is 10.0 Å². The number of sulfonamides is 1. The highest BCUT2D eigenvalue weighted by Crippen LogP contribution is 2.31. The Morgan fingerprint density at radius 3 is 2.31 bits per heavy atom. The molecule has 2 fully saturated rings. The number of nitrogens with zero attached hydrogens (tertiary/aromatic N) is 3. The van der Waals surface area contributed by atoms with Crippen molar-refractivity contribution in [1.29, 1.82) is 0 Å². The number of carbonyl (C=O) groups is 1. The fourth-order valence-electron chi connectivity index (χ4n) is 4.31. The second-order valence-electron chi connectivity index (χ2n) is 7.92. The number of thioether (sulfide) groups is 1. The lowest BCUT2D eigenvalue weighted by atomic mass is 10.2. The molecule has 2 saturated heterocycles. The summed E-state index contributed by atoms with van der Waals surface area (Å²) < 4.78 is 33.8. The monoisotopic (exact) mass is 475 g/mol. The van der Waals surface area contributed by atoms with E-state index in [1.165, 1.54) is 16.1 Å². The van der Waals surface area contributed by atoms with Crippen LogP contribution in [0.1, 0.15) is 23.2 Å². The molecule has 0 aliphatic carbocycles. The van der Waals surface area contributed by atoms with Crippen molar-refractivity contribution in [2.75, 3.05) is 57.5 Å². The van der Waals surface area contributed by atoms with Crippen molar-refractivity contribution in [2.45, 2.75) is 22.6 Å². The van der Waals surface area contributed by atoms with E-state index in [1.807, 2.05) is 35.4 Å². The molecule has 1 amide bonds. The number of anilines is 1. The van der Waals surface area contributed by atoms with Gasteiger partial charge in [-0.2, -0.15) is 4.31 Å². The van der Waals surface area contributed by atoms with Crippen LogP contribution in [0.25, 0.3) is 0 Å². The number of piperazine rings is 1. The predicted molar refractivity (Wildman–Crippen MR) is 127 cm³/mol. The van der Waals surface area contributed by atoms with Crippen LogP contribution in [0, 0.1) is 0 Å². The standard InChI is InChI=1S/C23H29N3O4S2/c1-30-21-8-4-3-7-20(21)24-13-15-26(16-14-24)32(28,29)18-9-10-22(31-2)19(17-18)23(27)25-11-5-6-12-25/h3-4,7-10,17H,5-6,11-16H2,1-2H3. The zero-order chi connectivity index (χ0) is 22.7. The van der Waals surface area contributed by atoms with Gasteiger partial charge >= 0.3 is 0 Å². The topological polar surface area (TPSA) is 70.2 Å². The molecule has 32 heavy (non-hydrogen) atoms. The summed E-state index contributed by atoms with van der Waals surface area (Å²) in [5, 5.41) is 0. The van der Waals surface area contributed by atoms with Gasteiger partial charge in [0, 0.05) is 44.2 Å². The lowest BCUT2D eigenvalue weighted by Gasteiger charge is -2.36. The van der Waals surface area contributed by atoms with Gasteiger partial charge in [-0.25, -0.2) is 8.42 Å². The number of benzene rings is 2. The molecule has 2 aromatic carbocycles. The molecular weight excluding hydrogens is 446 g/mol. The number of ether oxygens (including phenoxy) is 1. The van der Waals surface area contributed by atoms with Crippen LogP contribution in [-0.2, 0) is 10.0 Å². The molecule has 0 saturated carbocycles. The number of methoxy groups -OCH3 is 1. The van der Waals surface area contributed by atoms with E-state index in [0.29, 0.717) is 31.7 Å². The minimum absolute atomic E-state index is 0.0788. The first-order chi connectivity index (χ1) is 15.5. The Labute approximate surface area is 194 Å². The minimum atomic E-state index is -3.69. The van der Waals surface area contributed by atoms with Crippen molar-refractivity contribution in [3.63, 3.8) is 0 Å². The van der Waals surface area contributed by atoms with Crippen LogP contribution in [-0.4, -0.2) is 76.2 Å². The third-order valence-corrected chi connectivity index (χ3v) is 8.79. The zero-order valence-corrected chi connectivity index (χ0v) is 20.1. The maximum Gasteiger partial charge on any atom is 0.255 e. The molecule has 2 aromatic rings. The summed E-state index contributed by atoms with van der Waals surface area (Å²) in [5.41, 5.74) is 1.45. The molecule has 0 spiro atoms. The summed E-state index contributed by atoms with van der Waals surface area (Å²) in [5.74, 6) is 0.700. The molecule has 9 heteroatoms. The second-order valence-corrected chi connectivity index (χ2v) is 10.7. The number of amides is 1. The molecule has 0 radical (unpaired) electrons. The predicted octanol–water partition coefficient (Wildman–Crippen LogP) is 3.16. The Morgan fingerprint density at radius 2 is 1.66 bits per heavy atom. The largest absolute Gasteiger partial charge is 0.495 e. The summed E-state index contributed by atoms with van der Waals surface area (Å²) in [7, 11) is -2.05. The highest BCUT2D eigenvalue weighted by Gasteiger charge is 2.31. The van der Waals surface area contributed by atoms with Gasteiger partial charge in [0.15, 0.2) is 0 Å². The van der Waals surface area contributed by atoms with Crippen LogP contribution in [0.3, 0.4) is 0 Å². The molecule has 0 atom stereocenters. The number of carbonyl (C=O) groups excluding carboxylic acids is 1. The van der Waals surface area contributed by atoms with E-state index >= 15 is 0 Å². The highest BCUT2D eigenvalue weighted by molar-refractivity contribution is 7.98. The molecular formula is C23H29N3O4S2. The third kappa shape index (κ3) is 4.46. The molecule has 4 rings (SSSR count). The van der Waals surface area contributed by atoms with Crippen LogP contribution < -0.4 is 9.64 Å². The Balaban J connectivity index is 1.54. The molecule has 0 bridgehead atoms. The average Bonchev–Trinajstić information content (AvgIpc) is 3.38. The SMILES string of the molecule is COc1ccccc1N1CCN(S(=O)(=O)c2ccc(SC)c(C(=O)N3CCCC3)c2)CC1. The number of para-hydroxylation sites is 2. The molecule has 7 nitrogen and oxygen atoms in total. The van der Waals surface area contributed by atoms with Gasteiger partial charge in [-0.15, -0.1) is 11.8 Å². The molecule has 0 unspecified atom stereocenters. The van der Waals surface area contributed by atoms with E-state index in [1.54, 1.807) is 25.3 Å². The first kappa shape index (κ1) is 22.9. The molecule has 2 aliphatic heterocycles. The quantitative estimate of drug-likeness (QED) is 0.598. The fraction of sp³-hybridized carbons (Fsp3) is 0.435. The third-order valence-electron chi connectivity index (χ3n) is 6.10. The van der Waals surface area contributed by atoms with E-state index in [4.69, 9.17) is 4.74 Å². The summed E-state index contributed by atoms with van der Waals surface area (Å²) in [4.78, 5) is 18.0. The minimum Gasteiger partial charge on any atom is -0.495 e. The Bertz CT molecular complexity index is 1080.